The molecule has 3 aromatic rings. The molecule has 0 spiro atoms. The van der Waals surface area contributed by atoms with Crippen LogP contribution in [0.25, 0.3) is 0 Å². The summed E-state index contributed by atoms with van der Waals surface area (Å²) in [4.78, 5) is 36.6. The zero-order valence-electron chi connectivity index (χ0n) is 16.4. The lowest BCUT2D eigenvalue weighted by atomic mass is 10.1. The van der Waals surface area contributed by atoms with Crippen LogP contribution in [-0.2, 0) is 17.8 Å². The average molecular weight is 417 g/mol. The highest BCUT2D eigenvalue weighted by molar-refractivity contribution is 6.04. The summed E-state index contributed by atoms with van der Waals surface area (Å²) >= 11 is 0. The maximum absolute atomic E-state index is 12.8. The van der Waals surface area contributed by atoms with Crippen molar-refractivity contribution in [3.63, 3.8) is 0 Å². The summed E-state index contributed by atoms with van der Waals surface area (Å²) in [5.41, 5.74) is 1.46. The second-order valence-electron chi connectivity index (χ2n) is 7.12. The summed E-state index contributed by atoms with van der Waals surface area (Å²) in [6.07, 6.45) is 0.260. The molecule has 1 atom stereocenters. The van der Waals surface area contributed by atoms with Crippen molar-refractivity contribution in [2.24, 2.45) is 0 Å². The Morgan fingerprint density at radius 2 is 1.61 bits per heavy atom. The molecule has 0 aliphatic carbocycles. The third-order valence-corrected chi connectivity index (χ3v) is 4.91. The van der Waals surface area contributed by atoms with Crippen LogP contribution >= 0.6 is 0 Å². The van der Waals surface area contributed by atoms with Gasteiger partial charge in [0.15, 0.2) is 0 Å². The molecular formula is C23H19N3O5. The lowest BCUT2D eigenvalue weighted by Gasteiger charge is -2.14. The molecule has 8 nitrogen and oxygen atoms in total. The number of nitrogens with zero attached hydrogens (tertiary/aromatic N) is 2. The van der Waals surface area contributed by atoms with Gasteiger partial charge in [-0.05, 0) is 35.4 Å². The summed E-state index contributed by atoms with van der Waals surface area (Å²) < 4.78 is 5.81. The summed E-state index contributed by atoms with van der Waals surface area (Å²) in [7, 11) is 0. The Hall–Kier alpha value is -4.20. The number of amides is 3. The van der Waals surface area contributed by atoms with E-state index in [2.05, 4.69) is 5.32 Å². The van der Waals surface area contributed by atoms with Gasteiger partial charge >= 0.3 is 6.03 Å². The van der Waals surface area contributed by atoms with Crippen molar-refractivity contribution < 1.29 is 19.2 Å². The average Bonchev–Trinajstić information content (AvgIpc) is 3.02. The highest BCUT2D eigenvalue weighted by atomic mass is 16.6. The number of carbonyl (C=O) groups is 2. The van der Waals surface area contributed by atoms with E-state index in [1.807, 2.05) is 36.4 Å². The standard InChI is InChI=1S/C23H19N3O5/c27-22-21(14-16-9-11-18(12-10-16)26(29)30)24-23(28)25(22)15-17-5-4-8-20(13-17)31-19-6-2-1-3-7-19/h1-13,21H,14-15H2,(H,24,28). The van der Waals surface area contributed by atoms with Crippen molar-refractivity contribution in [1.29, 1.82) is 0 Å². The van der Waals surface area contributed by atoms with Gasteiger partial charge in [0.25, 0.3) is 11.6 Å². The number of nitro benzene ring substituents is 1. The zero-order valence-corrected chi connectivity index (χ0v) is 16.4. The zero-order chi connectivity index (χ0) is 21.8. The summed E-state index contributed by atoms with van der Waals surface area (Å²) in [5.74, 6) is 0.966. The first-order chi connectivity index (χ1) is 15.0. The summed E-state index contributed by atoms with van der Waals surface area (Å²) in [5, 5.41) is 13.5. The van der Waals surface area contributed by atoms with Crippen LogP contribution in [0, 0.1) is 10.1 Å². The van der Waals surface area contributed by atoms with Crippen molar-refractivity contribution in [3.8, 4) is 11.5 Å². The molecule has 8 heteroatoms. The van der Waals surface area contributed by atoms with Crippen LogP contribution in [0.1, 0.15) is 11.1 Å². The van der Waals surface area contributed by atoms with Gasteiger partial charge in [-0.3, -0.25) is 19.8 Å². The minimum atomic E-state index is -0.710. The minimum Gasteiger partial charge on any atom is -0.457 e. The Kier molecular flexibility index (Phi) is 5.61. The molecule has 0 radical (unpaired) electrons. The number of non-ortho nitro benzene ring substituents is 1. The van der Waals surface area contributed by atoms with Gasteiger partial charge in [-0.25, -0.2) is 4.79 Å². The van der Waals surface area contributed by atoms with Gasteiger partial charge < -0.3 is 10.1 Å². The summed E-state index contributed by atoms with van der Waals surface area (Å²) in [6.45, 7) is 0.118. The first-order valence-corrected chi connectivity index (χ1v) is 9.66. The number of nitro groups is 1. The molecule has 1 unspecified atom stereocenters. The molecule has 1 aliphatic rings. The van der Waals surface area contributed by atoms with E-state index in [9.17, 15) is 19.7 Å². The van der Waals surface area contributed by atoms with Crippen molar-refractivity contribution in [1.82, 2.24) is 10.2 Å². The molecule has 156 valence electrons. The van der Waals surface area contributed by atoms with Crippen LogP contribution in [0.4, 0.5) is 10.5 Å². The molecule has 1 aliphatic heterocycles. The van der Waals surface area contributed by atoms with E-state index in [0.29, 0.717) is 11.5 Å². The molecule has 3 amide bonds. The molecule has 1 fully saturated rings. The van der Waals surface area contributed by atoms with Gasteiger partial charge in [0.1, 0.15) is 17.5 Å². The number of imide groups is 1. The SMILES string of the molecule is O=C1NC(Cc2ccc([N+](=O)[O-])cc2)C(=O)N1Cc1cccc(Oc2ccccc2)c1. The number of carbonyl (C=O) groups excluding carboxylic acids is 2. The van der Waals surface area contributed by atoms with E-state index >= 15 is 0 Å². The third kappa shape index (κ3) is 4.69. The number of para-hydroxylation sites is 1. The quantitative estimate of drug-likeness (QED) is 0.355. The predicted octanol–water partition coefficient (Wildman–Crippen LogP) is 4.05. The molecule has 0 aromatic heterocycles. The number of benzene rings is 3. The number of ether oxygens (including phenoxy) is 1. The van der Waals surface area contributed by atoms with Gasteiger partial charge in [-0.1, -0.05) is 42.5 Å². The Morgan fingerprint density at radius 1 is 0.903 bits per heavy atom. The van der Waals surface area contributed by atoms with Gasteiger partial charge in [0.05, 0.1) is 11.5 Å². The molecule has 1 N–H and O–H groups in total. The van der Waals surface area contributed by atoms with E-state index in [1.54, 1.807) is 30.3 Å². The van der Waals surface area contributed by atoms with Crippen LogP contribution in [0.5, 0.6) is 11.5 Å². The normalized spacial score (nSPS) is 15.6. The Bertz CT molecular complexity index is 1120. The molecule has 1 saturated heterocycles. The molecule has 0 saturated carbocycles. The smallest absolute Gasteiger partial charge is 0.325 e. The van der Waals surface area contributed by atoms with Crippen molar-refractivity contribution in [2.75, 3.05) is 0 Å². The van der Waals surface area contributed by atoms with Gasteiger partial charge in [-0.15, -0.1) is 0 Å². The van der Waals surface area contributed by atoms with E-state index in [1.165, 1.54) is 12.1 Å². The number of hydrogen-bond acceptors (Lipinski definition) is 5. The monoisotopic (exact) mass is 417 g/mol. The Balaban J connectivity index is 1.42. The molecule has 31 heavy (non-hydrogen) atoms. The van der Waals surface area contributed by atoms with E-state index in [4.69, 9.17) is 4.74 Å². The van der Waals surface area contributed by atoms with Crippen molar-refractivity contribution >= 4 is 17.6 Å². The Labute approximate surface area is 178 Å². The fourth-order valence-corrected chi connectivity index (χ4v) is 3.37. The molecule has 1 heterocycles. The maximum Gasteiger partial charge on any atom is 0.325 e. The third-order valence-electron chi connectivity index (χ3n) is 4.91. The predicted molar refractivity (Wildman–Crippen MR) is 113 cm³/mol. The van der Waals surface area contributed by atoms with Crippen LogP contribution in [-0.4, -0.2) is 27.8 Å². The van der Waals surface area contributed by atoms with Gasteiger partial charge in [0.2, 0.25) is 0 Å². The largest absolute Gasteiger partial charge is 0.457 e. The second-order valence-corrected chi connectivity index (χ2v) is 7.12. The van der Waals surface area contributed by atoms with E-state index in [-0.39, 0.29) is 24.6 Å². The lowest BCUT2D eigenvalue weighted by Crippen LogP contribution is -2.32. The number of rotatable bonds is 7. The van der Waals surface area contributed by atoms with Crippen molar-refractivity contribution in [2.45, 2.75) is 19.0 Å². The van der Waals surface area contributed by atoms with E-state index in [0.717, 1.165) is 16.0 Å². The van der Waals surface area contributed by atoms with Crippen LogP contribution in [0.15, 0.2) is 78.9 Å². The highest BCUT2D eigenvalue weighted by Crippen LogP contribution is 2.23. The number of urea groups is 1. The second kappa shape index (κ2) is 8.66. The van der Waals surface area contributed by atoms with E-state index < -0.39 is 17.0 Å². The highest BCUT2D eigenvalue weighted by Gasteiger charge is 2.37. The fourth-order valence-electron chi connectivity index (χ4n) is 3.37. The topological polar surface area (TPSA) is 102 Å². The minimum absolute atomic E-state index is 0.0234. The van der Waals surface area contributed by atoms with Gasteiger partial charge in [0, 0.05) is 18.6 Å². The fraction of sp³-hybridized carbons (Fsp3) is 0.130. The number of hydrogen-bond donors (Lipinski definition) is 1. The lowest BCUT2D eigenvalue weighted by molar-refractivity contribution is -0.384. The molecule has 3 aromatic carbocycles. The Morgan fingerprint density at radius 3 is 2.32 bits per heavy atom. The number of nitrogens with one attached hydrogen (secondary N) is 1. The summed E-state index contributed by atoms with van der Waals surface area (Å²) in [6, 6.07) is 21.3. The maximum atomic E-state index is 12.8. The molecular weight excluding hydrogens is 398 g/mol. The first-order valence-electron chi connectivity index (χ1n) is 9.66. The first kappa shape index (κ1) is 20.1. The van der Waals surface area contributed by atoms with Crippen LogP contribution in [0.2, 0.25) is 0 Å². The molecule has 4 rings (SSSR count). The molecule has 0 bridgehead atoms. The van der Waals surface area contributed by atoms with Crippen molar-refractivity contribution in [3.05, 3.63) is 100 Å². The van der Waals surface area contributed by atoms with Crippen LogP contribution in [0.3, 0.4) is 0 Å². The van der Waals surface area contributed by atoms with Crippen LogP contribution < -0.4 is 10.1 Å². The van der Waals surface area contributed by atoms with Gasteiger partial charge in [-0.2, -0.15) is 0 Å².